The van der Waals surface area contributed by atoms with Crippen LogP contribution in [0.5, 0.6) is 17.2 Å². The predicted molar refractivity (Wildman–Crippen MR) is 91.8 cm³/mol. The number of H-pyrrole nitrogens is 1. The average molecular weight is 355 g/mol. The van der Waals surface area contributed by atoms with Crippen LogP contribution in [0.2, 0.25) is 0 Å². The summed E-state index contributed by atoms with van der Waals surface area (Å²) in [5, 5.41) is 29.0. The Morgan fingerprint density at radius 2 is 2.00 bits per heavy atom. The SMILES string of the molecule is O=c1[nH]c(-c2ccco2)nc2c1CCN(Cc1cc(O)c(O)cc1O)C2. The van der Waals surface area contributed by atoms with Gasteiger partial charge in [0, 0.05) is 36.8 Å². The summed E-state index contributed by atoms with van der Waals surface area (Å²) in [5.41, 5.74) is 1.62. The Balaban J connectivity index is 1.61. The lowest BCUT2D eigenvalue weighted by Crippen LogP contribution is -2.35. The van der Waals surface area contributed by atoms with Gasteiger partial charge < -0.3 is 24.7 Å². The largest absolute Gasteiger partial charge is 0.507 e. The van der Waals surface area contributed by atoms with Gasteiger partial charge in [-0.1, -0.05) is 0 Å². The number of hydrogen-bond donors (Lipinski definition) is 4. The van der Waals surface area contributed by atoms with Crippen molar-refractivity contribution in [1.82, 2.24) is 14.9 Å². The van der Waals surface area contributed by atoms with Crippen LogP contribution in [0.4, 0.5) is 0 Å². The van der Waals surface area contributed by atoms with Crippen molar-refractivity contribution in [2.75, 3.05) is 6.54 Å². The van der Waals surface area contributed by atoms with Gasteiger partial charge in [0.1, 0.15) is 5.75 Å². The molecule has 8 nitrogen and oxygen atoms in total. The molecule has 1 aliphatic rings. The lowest BCUT2D eigenvalue weighted by molar-refractivity contribution is 0.237. The van der Waals surface area contributed by atoms with Crippen LogP contribution in [0, 0.1) is 0 Å². The van der Waals surface area contributed by atoms with Crippen LogP contribution in [-0.2, 0) is 19.5 Å². The van der Waals surface area contributed by atoms with Gasteiger partial charge in [-0.05, 0) is 24.6 Å². The fourth-order valence-corrected chi connectivity index (χ4v) is 3.14. The molecule has 4 rings (SSSR count). The Morgan fingerprint density at radius 1 is 1.19 bits per heavy atom. The molecule has 0 radical (unpaired) electrons. The van der Waals surface area contributed by atoms with Crippen LogP contribution in [0.1, 0.15) is 16.8 Å². The first kappa shape index (κ1) is 16.2. The molecule has 8 heteroatoms. The molecule has 0 amide bonds. The number of benzene rings is 1. The summed E-state index contributed by atoms with van der Waals surface area (Å²) >= 11 is 0. The van der Waals surface area contributed by atoms with E-state index in [2.05, 4.69) is 9.97 Å². The van der Waals surface area contributed by atoms with Gasteiger partial charge in [-0.15, -0.1) is 0 Å². The summed E-state index contributed by atoms with van der Waals surface area (Å²) in [6.45, 7) is 1.39. The van der Waals surface area contributed by atoms with Crippen molar-refractivity contribution in [3.8, 4) is 28.8 Å². The van der Waals surface area contributed by atoms with Gasteiger partial charge in [0.2, 0.25) is 0 Å². The van der Waals surface area contributed by atoms with Crippen molar-refractivity contribution in [1.29, 1.82) is 0 Å². The molecule has 1 aromatic carbocycles. The van der Waals surface area contributed by atoms with E-state index in [1.54, 1.807) is 12.1 Å². The summed E-state index contributed by atoms with van der Waals surface area (Å²) in [6.07, 6.45) is 2.04. The number of phenols is 3. The molecule has 2 aromatic heterocycles. The minimum Gasteiger partial charge on any atom is -0.507 e. The first-order valence-electron chi connectivity index (χ1n) is 8.13. The van der Waals surface area contributed by atoms with Crippen LogP contribution in [0.15, 0.2) is 39.7 Å². The number of phenolic OH excluding ortho intramolecular Hbond substituents is 3. The second-order valence-electron chi connectivity index (χ2n) is 6.25. The van der Waals surface area contributed by atoms with E-state index in [0.29, 0.717) is 54.5 Å². The molecule has 0 unspecified atom stereocenters. The molecule has 0 saturated heterocycles. The molecule has 0 aliphatic carbocycles. The molecular weight excluding hydrogens is 338 g/mol. The van der Waals surface area contributed by atoms with Gasteiger partial charge >= 0.3 is 0 Å². The highest BCUT2D eigenvalue weighted by Gasteiger charge is 2.23. The highest BCUT2D eigenvalue weighted by molar-refractivity contribution is 5.49. The van der Waals surface area contributed by atoms with Crippen molar-refractivity contribution in [3.63, 3.8) is 0 Å². The van der Waals surface area contributed by atoms with Crippen molar-refractivity contribution in [2.45, 2.75) is 19.5 Å². The summed E-state index contributed by atoms with van der Waals surface area (Å²) in [6, 6.07) is 5.89. The Morgan fingerprint density at radius 3 is 2.77 bits per heavy atom. The smallest absolute Gasteiger partial charge is 0.254 e. The maximum atomic E-state index is 12.3. The maximum absolute atomic E-state index is 12.3. The number of aromatic amines is 1. The molecule has 1 aliphatic heterocycles. The molecule has 0 saturated carbocycles. The van der Waals surface area contributed by atoms with E-state index in [1.807, 2.05) is 4.90 Å². The second-order valence-corrected chi connectivity index (χ2v) is 6.25. The lowest BCUT2D eigenvalue weighted by atomic mass is 10.0. The molecule has 0 bridgehead atoms. The molecule has 0 fully saturated rings. The lowest BCUT2D eigenvalue weighted by Gasteiger charge is -2.27. The number of fused-ring (bicyclic) bond motifs is 1. The highest BCUT2D eigenvalue weighted by Crippen LogP contribution is 2.33. The molecule has 3 aromatic rings. The predicted octanol–water partition coefficient (Wildman–Crippen LogP) is 1.70. The van der Waals surface area contributed by atoms with E-state index in [9.17, 15) is 20.1 Å². The van der Waals surface area contributed by atoms with Crippen molar-refractivity contribution < 1.29 is 19.7 Å². The van der Waals surface area contributed by atoms with E-state index in [1.165, 1.54) is 12.3 Å². The first-order valence-corrected chi connectivity index (χ1v) is 8.13. The Kier molecular flexibility index (Phi) is 3.89. The minimum absolute atomic E-state index is 0.0961. The van der Waals surface area contributed by atoms with Crippen molar-refractivity contribution >= 4 is 0 Å². The van der Waals surface area contributed by atoms with Gasteiger partial charge in [0.25, 0.3) is 5.56 Å². The summed E-state index contributed by atoms with van der Waals surface area (Å²) in [5.74, 6) is 0.117. The molecule has 0 spiro atoms. The van der Waals surface area contributed by atoms with Gasteiger partial charge in [-0.2, -0.15) is 0 Å². The number of aromatic nitrogens is 2. The molecule has 4 N–H and O–H groups in total. The monoisotopic (exact) mass is 355 g/mol. The Bertz CT molecular complexity index is 1010. The van der Waals surface area contributed by atoms with Crippen molar-refractivity contribution in [3.05, 3.63) is 57.7 Å². The third-order valence-corrected chi connectivity index (χ3v) is 4.48. The van der Waals surface area contributed by atoms with Crippen LogP contribution in [-0.4, -0.2) is 36.7 Å². The van der Waals surface area contributed by atoms with Crippen LogP contribution < -0.4 is 5.56 Å². The second kappa shape index (κ2) is 6.23. The van der Waals surface area contributed by atoms with Gasteiger partial charge in [0.15, 0.2) is 23.1 Å². The zero-order valence-electron chi connectivity index (χ0n) is 13.8. The normalized spacial score (nSPS) is 14.3. The van der Waals surface area contributed by atoms with E-state index in [-0.39, 0.29) is 22.8 Å². The zero-order chi connectivity index (χ0) is 18.3. The summed E-state index contributed by atoms with van der Waals surface area (Å²) in [7, 11) is 0. The first-order chi connectivity index (χ1) is 12.5. The number of aromatic hydroxyl groups is 3. The topological polar surface area (TPSA) is 123 Å². The number of nitrogens with one attached hydrogen (secondary N) is 1. The van der Waals surface area contributed by atoms with E-state index < -0.39 is 0 Å². The van der Waals surface area contributed by atoms with E-state index in [4.69, 9.17) is 4.42 Å². The summed E-state index contributed by atoms with van der Waals surface area (Å²) < 4.78 is 5.30. The fraction of sp³-hybridized carbons (Fsp3) is 0.222. The molecule has 3 heterocycles. The number of rotatable bonds is 3. The highest BCUT2D eigenvalue weighted by atomic mass is 16.3. The summed E-state index contributed by atoms with van der Waals surface area (Å²) in [4.78, 5) is 21.6. The average Bonchev–Trinajstić information content (AvgIpc) is 3.14. The standard InChI is InChI=1S/C18H17N3O5/c22-13-7-15(24)14(23)6-10(13)8-21-4-3-11-12(9-21)19-17(20-18(11)25)16-2-1-5-26-16/h1-2,5-7,22-24H,3-4,8-9H2,(H,19,20,25). The minimum atomic E-state index is -0.369. The van der Waals surface area contributed by atoms with Gasteiger partial charge in [0.05, 0.1) is 12.0 Å². The van der Waals surface area contributed by atoms with E-state index in [0.717, 1.165) is 6.07 Å². The Hall–Kier alpha value is -3.26. The maximum Gasteiger partial charge on any atom is 0.254 e. The van der Waals surface area contributed by atoms with Crippen LogP contribution in [0.3, 0.4) is 0 Å². The zero-order valence-corrected chi connectivity index (χ0v) is 13.8. The van der Waals surface area contributed by atoms with Crippen molar-refractivity contribution in [2.24, 2.45) is 0 Å². The van der Waals surface area contributed by atoms with Crippen LogP contribution in [0.25, 0.3) is 11.6 Å². The third-order valence-electron chi connectivity index (χ3n) is 4.48. The third kappa shape index (κ3) is 2.91. The van der Waals surface area contributed by atoms with Gasteiger partial charge in [-0.3, -0.25) is 9.69 Å². The Labute approximate surface area is 148 Å². The number of furan rings is 1. The molecule has 26 heavy (non-hydrogen) atoms. The quantitative estimate of drug-likeness (QED) is 0.416. The van der Waals surface area contributed by atoms with E-state index >= 15 is 0 Å². The fourth-order valence-electron chi connectivity index (χ4n) is 3.14. The van der Waals surface area contributed by atoms with Gasteiger partial charge in [-0.25, -0.2) is 4.98 Å². The number of nitrogens with zero attached hydrogens (tertiary/aromatic N) is 2. The number of hydrogen-bond acceptors (Lipinski definition) is 7. The molecule has 134 valence electrons. The molecule has 0 atom stereocenters. The molecular formula is C18H17N3O5. The van der Waals surface area contributed by atoms with Crippen LogP contribution >= 0.6 is 0 Å².